The van der Waals surface area contributed by atoms with Crippen molar-refractivity contribution in [2.45, 2.75) is 89.5 Å². The summed E-state index contributed by atoms with van der Waals surface area (Å²) < 4.78 is 14.1. The summed E-state index contributed by atoms with van der Waals surface area (Å²) in [6.07, 6.45) is 13.7. The van der Waals surface area contributed by atoms with Gasteiger partial charge in [0.2, 0.25) is 0 Å². The van der Waals surface area contributed by atoms with Crippen LogP contribution in [-0.2, 0) is 16.0 Å². The molecule has 4 rings (SSSR count). The number of hydrogen-bond acceptors (Lipinski definition) is 4. The van der Waals surface area contributed by atoms with Gasteiger partial charge in [0.1, 0.15) is 0 Å². The zero-order chi connectivity index (χ0) is 20.6. The second-order valence-electron chi connectivity index (χ2n) is 8.90. The molecule has 2 aliphatic heterocycles. The summed E-state index contributed by atoms with van der Waals surface area (Å²) in [6.45, 7) is 7.26. The van der Waals surface area contributed by atoms with Gasteiger partial charge in [-0.3, -0.25) is 4.68 Å². The highest BCUT2D eigenvalue weighted by Gasteiger charge is 2.24. The van der Waals surface area contributed by atoms with E-state index in [0.29, 0.717) is 24.8 Å². The fourth-order valence-corrected chi connectivity index (χ4v) is 4.83. The highest BCUT2D eigenvalue weighted by atomic mass is 16.5. The van der Waals surface area contributed by atoms with Gasteiger partial charge in [-0.2, -0.15) is 5.10 Å². The van der Waals surface area contributed by atoms with Gasteiger partial charge < -0.3 is 19.7 Å². The van der Waals surface area contributed by atoms with Crippen molar-refractivity contribution in [1.29, 1.82) is 0 Å². The molecule has 1 aromatic heterocycles. The lowest BCUT2D eigenvalue weighted by Crippen LogP contribution is -2.47. The lowest BCUT2D eigenvalue weighted by atomic mass is 10.1. The van der Waals surface area contributed by atoms with Gasteiger partial charge >= 0.3 is 0 Å². The lowest BCUT2D eigenvalue weighted by Gasteiger charge is -2.35. The van der Waals surface area contributed by atoms with E-state index in [1.54, 1.807) is 0 Å². The number of nitrogens with zero attached hydrogens (tertiary/aromatic N) is 4. The van der Waals surface area contributed by atoms with Crippen molar-refractivity contribution >= 4 is 5.96 Å². The Hall–Kier alpha value is -1.60. The molecule has 0 bridgehead atoms. The van der Waals surface area contributed by atoms with Crippen LogP contribution >= 0.6 is 0 Å². The maximum absolute atomic E-state index is 6.17. The van der Waals surface area contributed by atoms with Crippen LogP contribution in [0.4, 0.5) is 0 Å². The molecule has 1 unspecified atom stereocenters. The van der Waals surface area contributed by atoms with Gasteiger partial charge in [0.25, 0.3) is 0 Å². The lowest BCUT2D eigenvalue weighted by molar-refractivity contribution is -0.0721. The second kappa shape index (κ2) is 11.1. The first-order valence-electron chi connectivity index (χ1n) is 12.1. The highest BCUT2D eigenvalue weighted by molar-refractivity contribution is 5.80. The number of guanidine groups is 1. The fraction of sp³-hybridized carbons (Fsp3) is 0.826. The first kappa shape index (κ1) is 21.6. The Morgan fingerprint density at radius 2 is 1.97 bits per heavy atom. The quantitative estimate of drug-likeness (QED) is 0.543. The molecule has 1 N–H and O–H groups in total. The zero-order valence-electron chi connectivity index (χ0n) is 18.6. The van der Waals surface area contributed by atoms with E-state index in [1.165, 1.54) is 38.5 Å². The number of rotatable bonds is 7. The van der Waals surface area contributed by atoms with Crippen molar-refractivity contribution < 1.29 is 9.47 Å². The van der Waals surface area contributed by atoms with E-state index in [0.717, 1.165) is 63.8 Å². The Morgan fingerprint density at radius 3 is 2.70 bits per heavy atom. The standard InChI is InChI=1S/C23H39N5O2/c1-2-24-23(25-17-19-10-15-28(26-19)20-7-3-4-8-20)27-13-11-21(12-14-27)30-18-22-9-5-6-16-29-22/h10,15,20-22H,2-9,11-14,16-18H2,1H3,(H,24,25). The van der Waals surface area contributed by atoms with Gasteiger partial charge in [-0.05, 0) is 57.9 Å². The Balaban J connectivity index is 1.24. The maximum Gasteiger partial charge on any atom is 0.194 e. The first-order valence-corrected chi connectivity index (χ1v) is 12.1. The van der Waals surface area contributed by atoms with E-state index in [4.69, 9.17) is 19.6 Å². The molecule has 30 heavy (non-hydrogen) atoms. The fourth-order valence-electron chi connectivity index (χ4n) is 4.83. The third kappa shape index (κ3) is 5.97. The minimum Gasteiger partial charge on any atom is -0.376 e. The molecule has 7 nitrogen and oxygen atoms in total. The van der Waals surface area contributed by atoms with Crippen LogP contribution in [0.1, 0.15) is 76.4 Å². The van der Waals surface area contributed by atoms with Crippen LogP contribution in [-0.4, -0.2) is 65.7 Å². The molecule has 3 aliphatic rings. The van der Waals surface area contributed by atoms with E-state index < -0.39 is 0 Å². The molecule has 2 saturated heterocycles. The first-order chi connectivity index (χ1) is 14.8. The van der Waals surface area contributed by atoms with E-state index in [-0.39, 0.29) is 0 Å². The molecule has 0 aromatic carbocycles. The van der Waals surface area contributed by atoms with E-state index in [1.807, 2.05) is 0 Å². The number of ether oxygens (including phenoxy) is 2. The second-order valence-corrected chi connectivity index (χ2v) is 8.90. The molecule has 1 saturated carbocycles. The van der Waals surface area contributed by atoms with Gasteiger partial charge in [-0.25, -0.2) is 4.99 Å². The predicted octanol–water partition coefficient (Wildman–Crippen LogP) is 3.51. The van der Waals surface area contributed by atoms with Crippen LogP contribution in [0.25, 0.3) is 0 Å². The molecule has 3 fully saturated rings. The average molecular weight is 418 g/mol. The van der Waals surface area contributed by atoms with Crippen LogP contribution in [0.2, 0.25) is 0 Å². The normalized spacial score (nSPS) is 24.5. The van der Waals surface area contributed by atoms with Crippen molar-refractivity contribution in [1.82, 2.24) is 20.0 Å². The summed E-state index contributed by atoms with van der Waals surface area (Å²) in [7, 11) is 0. The minimum atomic E-state index is 0.305. The summed E-state index contributed by atoms with van der Waals surface area (Å²) in [5.74, 6) is 1.00. The van der Waals surface area contributed by atoms with Gasteiger partial charge in [-0.1, -0.05) is 12.8 Å². The third-order valence-corrected chi connectivity index (χ3v) is 6.62. The van der Waals surface area contributed by atoms with E-state index in [9.17, 15) is 0 Å². The predicted molar refractivity (Wildman–Crippen MR) is 119 cm³/mol. The van der Waals surface area contributed by atoms with Crippen molar-refractivity contribution in [3.63, 3.8) is 0 Å². The van der Waals surface area contributed by atoms with Crippen LogP contribution in [0, 0.1) is 0 Å². The molecule has 168 valence electrons. The minimum absolute atomic E-state index is 0.305. The van der Waals surface area contributed by atoms with Crippen molar-refractivity contribution in [2.75, 3.05) is 32.8 Å². The van der Waals surface area contributed by atoms with Gasteiger partial charge in [0.05, 0.1) is 37.1 Å². The molecule has 0 radical (unpaired) electrons. The van der Waals surface area contributed by atoms with Gasteiger partial charge in [0.15, 0.2) is 5.96 Å². The number of hydrogen-bond donors (Lipinski definition) is 1. The molecule has 1 aromatic rings. The van der Waals surface area contributed by atoms with Crippen LogP contribution in [0.3, 0.4) is 0 Å². The molecule has 0 amide bonds. The number of likely N-dealkylation sites (tertiary alicyclic amines) is 1. The largest absolute Gasteiger partial charge is 0.376 e. The monoisotopic (exact) mass is 417 g/mol. The number of aromatic nitrogens is 2. The number of piperidine rings is 1. The van der Waals surface area contributed by atoms with Crippen molar-refractivity contribution in [3.8, 4) is 0 Å². The molecular formula is C23H39N5O2. The SMILES string of the molecule is CCNC(=NCc1ccn(C2CCCC2)n1)N1CCC(OCC2CCCCO2)CC1. The topological polar surface area (TPSA) is 63.9 Å². The van der Waals surface area contributed by atoms with Gasteiger partial charge in [0, 0.05) is 32.4 Å². The molecule has 1 atom stereocenters. The molecule has 0 spiro atoms. The average Bonchev–Trinajstić information content (AvgIpc) is 3.48. The third-order valence-electron chi connectivity index (χ3n) is 6.62. The summed E-state index contributed by atoms with van der Waals surface area (Å²) in [5, 5.41) is 8.25. The summed E-state index contributed by atoms with van der Waals surface area (Å²) >= 11 is 0. The smallest absolute Gasteiger partial charge is 0.194 e. The summed E-state index contributed by atoms with van der Waals surface area (Å²) in [4.78, 5) is 7.26. The summed E-state index contributed by atoms with van der Waals surface area (Å²) in [5.41, 5.74) is 1.06. The molecular weight excluding hydrogens is 378 g/mol. The highest BCUT2D eigenvalue weighted by Crippen LogP contribution is 2.28. The molecule has 7 heteroatoms. The van der Waals surface area contributed by atoms with Crippen molar-refractivity contribution in [2.24, 2.45) is 4.99 Å². The molecule has 1 aliphatic carbocycles. The zero-order valence-corrected chi connectivity index (χ0v) is 18.6. The maximum atomic E-state index is 6.17. The Kier molecular flexibility index (Phi) is 8.03. The number of nitrogens with one attached hydrogen (secondary N) is 1. The number of aliphatic imine (C=N–C) groups is 1. The Labute approximate surface area is 181 Å². The van der Waals surface area contributed by atoms with Gasteiger partial charge in [-0.15, -0.1) is 0 Å². The van der Waals surface area contributed by atoms with Crippen molar-refractivity contribution in [3.05, 3.63) is 18.0 Å². The summed E-state index contributed by atoms with van der Waals surface area (Å²) in [6, 6.07) is 2.72. The van der Waals surface area contributed by atoms with Crippen LogP contribution < -0.4 is 5.32 Å². The Bertz CT molecular complexity index is 656. The molecule has 3 heterocycles. The van der Waals surface area contributed by atoms with Crippen LogP contribution in [0.5, 0.6) is 0 Å². The van der Waals surface area contributed by atoms with Crippen LogP contribution in [0.15, 0.2) is 17.3 Å². The Morgan fingerprint density at radius 1 is 1.17 bits per heavy atom. The van der Waals surface area contributed by atoms with E-state index >= 15 is 0 Å². The van der Waals surface area contributed by atoms with E-state index in [2.05, 4.69) is 34.1 Å².